The fourth-order valence-corrected chi connectivity index (χ4v) is 2.66. The lowest BCUT2D eigenvalue weighted by Gasteiger charge is -2.08. The van der Waals surface area contributed by atoms with Crippen LogP contribution in [0.4, 0.5) is 8.78 Å². The summed E-state index contributed by atoms with van der Waals surface area (Å²) in [6.07, 6.45) is 7.03. The standard InChI is InChI=1S/C21H26F2O2/c1-24-14-6-4-2-3-5-7-15-25-19-11-8-17(9-12-19)18-10-13-20(22)21(23)16-18/h8-13,16H,2-7,14-15H2,1H3. The summed E-state index contributed by atoms with van der Waals surface area (Å²) >= 11 is 0. The Labute approximate surface area is 148 Å². The maximum atomic E-state index is 13.3. The quantitative estimate of drug-likeness (QED) is 0.464. The smallest absolute Gasteiger partial charge is 0.159 e. The van der Waals surface area contributed by atoms with Crippen molar-refractivity contribution in [1.29, 1.82) is 0 Å². The van der Waals surface area contributed by atoms with E-state index in [0.29, 0.717) is 12.2 Å². The largest absolute Gasteiger partial charge is 0.494 e. The molecule has 2 aromatic rings. The molecule has 0 aromatic heterocycles. The van der Waals surface area contributed by atoms with Gasteiger partial charge in [0.05, 0.1) is 6.61 Å². The van der Waals surface area contributed by atoms with Gasteiger partial charge >= 0.3 is 0 Å². The first-order valence-electron chi connectivity index (χ1n) is 8.88. The summed E-state index contributed by atoms with van der Waals surface area (Å²) in [5.41, 5.74) is 1.49. The van der Waals surface area contributed by atoms with Crippen molar-refractivity contribution in [3.05, 3.63) is 54.1 Å². The molecule has 0 fully saturated rings. The molecule has 0 radical (unpaired) electrons. The lowest BCUT2D eigenvalue weighted by molar-refractivity contribution is 0.191. The molecule has 0 bridgehead atoms. The van der Waals surface area contributed by atoms with E-state index in [0.717, 1.165) is 36.8 Å². The Morgan fingerprint density at radius 2 is 1.28 bits per heavy atom. The number of benzene rings is 2. The molecule has 136 valence electrons. The number of halogens is 2. The normalized spacial score (nSPS) is 10.8. The highest BCUT2D eigenvalue weighted by Gasteiger charge is 2.04. The second kappa shape index (κ2) is 10.8. The molecule has 2 nitrogen and oxygen atoms in total. The summed E-state index contributed by atoms with van der Waals surface area (Å²) in [5, 5.41) is 0. The number of rotatable bonds is 11. The first-order chi connectivity index (χ1) is 12.2. The van der Waals surface area contributed by atoms with Crippen LogP contribution >= 0.6 is 0 Å². The van der Waals surface area contributed by atoms with Crippen molar-refractivity contribution in [2.45, 2.75) is 38.5 Å². The third-order valence-corrected chi connectivity index (χ3v) is 4.12. The molecule has 0 aliphatic rings. The molecule has 0 spiro atoms. The van der Waals surface area contributed by atoms with Gasteiger partial charge in [-0.1, -0.05) is 43.9 Å². The Kier molecular flexibility index (Phi) is 8.40. The van der Waals surface area contributed by atoms with E-state index in [2.05, 4.69) is 0 Å². The van der Waals surface area contributed by atoms with E-state index in [1.54, 1.807) is 13.2 Å². The van der Waals surface area contributed by atoms with Crippen LogP contribution in [0.2, 0.25) is 0 Å². The maximum absolute atomic E-state index is 13.3. The van der Waals surface area contributed by atoms with E-state index in [1.807, 2.05) is 24.3 Å². The molecular weight excluding hydrogens is 322 g/mol. The monoisotopic (exact) mass is 348 g/mol. The van der Waals surface area contributed by atoms with Crippen molar-refractivity contribution in [2.75, 3.05) is 20.3 Å². The number of hydrogen-bond donors (Lipinski definition) is 0. The summed E-state index contributed by atoms with van der Waals surface area (Å²) in [6, 6.07) is 11.4. The van der Waals surface area contributed by atoms with Crippen molar-refractivity contribution < 1.29 is 18.3 Å². The van der Waals surface area contributed by atoms with Crippen LogP contribution in [-0.2, 0) is 4.74 Å². The second-order valence-corrected chi connectivity index (χ2v) is 6.12. The predicted molar refractivity (Wildman–Crippen MR) is 96.9 cm³/mol. The molecule has 25 heavy (non-hydrogen) atoms. The molecular formula is C21H26F2O2. The van der Waals surface area contributed by atoms with Crippen LogP contribution < -0.4 is 4.74 Å². The van der Waals surface area contributed by atoms with E-state index < -0.39 is 11.6 Å². The van der Waals surface area contributed by atoms with Crippen molar-refractivity contribution in [2.24, 2.45) is 0 Å². The van der Waals surface area contributed by atoms with Crippen molar-refractivity contribution in [3.8, 4) is 16.9 Å². The highest BCUT2D eigenvalue weighted by Crippen LogP contribution is 2.24. The number of ether oxygens (including phenoxy) is 2. The van der Waals surface area contributed by atoms with Gasteiger partial charge in [-0.25, -0.2) is 8.78 Å². The Bertz CT molecular complexity index is 626. The highest BCUT2D eigenvalue weighted by molar-refractivity contribution is 5.64. The van der Waals surface area contributed by atoms with Crippen LogP contribution in [-0.4, -0.2) is 20.3 Å². The van der Waals surface area contributed by atoms with Crippen LogP contribution in [0.15, 0.2) is 42.5 Å². The number of hydrogen-bond acceptors (Lipinski definition) is 2. The Morgan fingerprint density at radius 1 is 0.680 bits per heavy atom. The van der Waals surface area contributed by atoms with Gasteiger partial charge < -0.3 is 9.47 Å². The molecule has 0 atom stereocenters. The minimum atomic E-state index is -0.833. The molecule has 0 aliphatic heterocycles. The van der Waals surface area contributed by atoms with Gasteiger partial charge in [-0.3, -0.25) is 0 Å². The van der Waals surface area contributed by atoms with Gasteiger partial charge in [0.2, 0.25) is 0 Å². The Morgan fingerprint density at radius 3 is 1.92 bits per heavy atom. The highest BCUT2D eigenvalue weighted by atomic mass is 19.2. The van der Waals surface area contributed by atoms with Crippen molar-refractivity contribution >= 4 is 0 Å². The zero-order valence-corrected chi connectivity index (χ0v) is 14.8. The zero-order valence-electron chi connectivity index (χ0n) is 14.8. The van der Waals surface area contributed by atoms with Crippen LogP contribution in [0, 0.1) is 11.6 Å². The van der Waals surface area contributed by atoms with E-state index in [1.165, 1.54) is 31.7 Å². The fourth-order valence-electron chi connectivity index (χ4n) is 2.66. The van der Waals surface area contributed by atoms with Gasteiger partial charge in [0.15, 0.2) is 11.6 Å². The fraction of sp³-hybridized carbons (Fsp3) is 0.429. The van der Waals surface area contributed by atoms with Crippen LogP contribution in [0.5, 0.6) is 5.75 Å². The summed E-state index contributed by atoms with van der Waals surface area (Å²) in [5.74, 6) is -0.867. The van der Waals surface area contributed by atoms with Gasteiger partial charge in [0, 0.05) is 13.7 Å². The third kappa shape index (κ3) is 6.83. The minimum absolute atomic E-state index is 0.652. The molecule has 0 saturated carbocycles. The first-order valence-corrected chi connectivity index (χ1v) is 8.88. The average molecular weight is 348 g/mol. The van der Waals surface area contributed by atoms with E-state index in [-0.39, 0.29) is 0 Å². The van der Waals surface area contributed by atoms with Gasteiger partial charge in [0.25, 0.3) is 0 Å². The van der Waals surface area contributed by atoms with E-state index in [4.69, 9.17) is 9.47 Å². The Balaban J connectivity index is 1.67. The molecule has 0 N–H and O–H groups in total. The molecule has 4 heteroatoms. The van der Waals surface area contributed by atoms with Crippen LogP contribution in [0.25, 0.3) is 11.1 Å². The summed E-state index contributed by atoms with van der Waals surface area (Å²) in [7, 11) is 1.74. The van der Waals surface area contributed by atoms with Crippen molar-refractivity contribution in [3.63, 3.8) is 0 Å². The van der Waals surface area contributed by atoms with E-state index >= 15 is 0 Å². The van der Waals surface area contributed by atoms with Gasteiger partial charge in [-0.15, -0.1) is 0 Å². The molecule has 0 heterocycles. The number of unbranched alkanes of at least 4 members (excludes halogenated alkanes) is 5. The van der Waals surface area contributed by atoms with Crippen LogP contribution in [0.1, 0.15) is 38.5 Å². The third-order valence-electron chi connectivity index (χ3n) is 4.12. The average Bonchev–Trinajstić information content (AvgIpc) is 2.63. The minimum Gasteiger partial charge on any atom is -0.494 e. The molecule has 0 unspecified atom stereocenters. The molecule has 0 aliphatic carbocycles. The molecule has 2 aromatic carbocycles. The number of methoxy groups -OCH3 is 1. The topological polar surface area (TPSA) is 18.5 Å². The predicted octanol–water partition coefficient (Wildman–Crippen LogP) is 6.00. The zero-order chi connectivity index (χ0) is 17.9. The first kappa shape index (κ1) is 19.4. The molecule has 2 rings (SSSR count). The second-order valence-electron chi connectivity index (χ2n) is 6.12. The lowest BCUT2D eigenvalue weighted by Crippen LogP contribution is -1.97. The lowest BCUT2D eigenvalue weighted by atomic mass is 10.1. The Hall–Kier alpha value is -1.94. The van der Waals surface area contributed by atoms with Gasteiger partial charge in [-0.05, 0) is 48.2 Å². The SMILES string of the molecule is COCCCCCCCCOc1ccc(-c2ccc(F)c(F)c2)cc1. The van der Waals surface area contributed by atoms with Gasteiger partial charge in [-0.2, -0.15) is 0 Å². The summed E-state index contributed by atoms with van der Waals surface area (Å²) in [4.78, 5) is 0. The molecule has 0 amide bonds. The summed E-state index contributed by atoms with van der Waals surface area (Å²) < 4.78 is 37.0. The summed E-state index contributed by atoms with van der Waals surface area (Å²) in [6.45, 7) is 1.55. The van der Waals surface area contributed by atoms with Crippen molar-refractivity contribution in [1.82, 2.24) is 0 Å². The maximum Gasteiger partial charge on any atom is 0.159 e. The molecule has 0 saturated heterocycles. The van der Waals surface area contributed by atoms with E-state index in [9.17, 15) is 8.78 Å². The van der Waals surface area contributed by atoms with Crippen LogP contribution in [0.3, 0.4) is 0 Å². The van der Waals surface area contributed by atoms with Gasteiger partial charge in [0.1, 0.15) is 5.75 Å².